The average Bonchev–Trinajstić information content (AvgIpc) is 2.96. The summed E-state index contributed by atoms with van der Waals surface area (Å²) in [6, 6.07) is -2.08. The van der Waals surface area contributed by atoms with E-state index in [1.54, 1.807) is 32.9 Å². The SMILES string of the molecule is CC(SCC(O)C(O)CS)C1CC(=O)[C@@H](CS)NC(=O)[C@@H](C(C)C)CC(=O)C[C@@H](/C=C/CCS)OC(=O)[C@H](C(C)C)NC1=O. The van der Waals surface area contributed by atoms with E-state index in [9.17, 15) is 34.2 Å². The number of esters is 1. The van der Waals surface area contributed by atoms with Gasteiger partial charge in [0.15, 0.2) is 5.78 Å². The van der Waals surface area contributed by atoms with Crippen LogP contribution in [0.15, 0.2) is 12.2 Å². The summed E-state index contributed by atoms with van der Waals surface area (Å²) in [4.78, 5) is 67.1. The number of carbonyl (C=O) groups is 5. The third kappa shape index (κ3) is 13.7. The van der Waals surface area contributed by atoms with E-state index in [0.717, 1.165) is 0 Å². The lowest BCUT2D eigenvalue weighted by Gasteiger charge is -2.30. The lowest BCUT2D eigenvalue weighted by atomic mass is 9.87. The Morgan fingerprint density at radius 2 is 1.52 bits per heavy atom. The molecule has 2 amide bonds. The van der Waals surface area contributed by atoms with E-state index in [-0.39, 0.29) is 54.1 Å². The number of ether oxygens (including phenoxy) is 1. The molecule has 8 atom stereocenters. The van der Waals surface area contributed by atoms with Gasteiger partial charge in [0, 0.05) is 47.7 Å². The summed E-state index contributed by atoms with van der Waals surface area (Å²) in [5.74, 6) is -4.14. The van der Waals surface area contributed by atoms with Crippen LogP contribution in [0.5, 0.6) is 0 Å². The Morgan fingerprint density at radius 1 is 0.886 bits per heavy atom. The Labute approximate surface area is 282 Å². The summed E-state index contributed by atoms with van der Waals surface area (Å²) < 4.78 is 5.74. The molecule has 1 aliphatic rings. The topological polar surface area (TPSA) is 159 Å². The first kappa shape index (κ1) is 40.8. The monoisotopic (exact) mass is 694 g/mol. The highest BCUT2D eigenvalue weighted by atomic mass is 32.2. The molecule has 0 aromatic carbocycles. The van der Waals surface area contributed by atoms with E-state index in [2.05, 4.69) is 48.5 Å². The summed E-state index contributed by atoms with van der Waals surface area (Å²) in [6.07, 6.45) is 0.362. The minimum absolute atomic E-state index is 0.0228. The number of nitrogens with one attached hydrogen (secondary N) is 2. The van der Waals surface area contributed by atoms with Crippen molar-refractivity contribution in [3.05, 3.63) is 12.2 Å². The lowest BCUT2D eigenvalue weighted by Crippen LogP contribution is -2.51. The zero-order chi connectivity index (χ0) is 33.6. The van der Waals surface area contributed by atoms with Crippen molar-refractivity contribution in [3.63, 3.8) is 0 Å². The van der Waals surface area contributed by atoms with Gasteiger partial charge in [0.05, 0.1) is 24.2 Å². The van der Waals surface area contributed by atoms with Gasteiger partial charge in [0.25, 0.3) is 0 Å². The van der Waals surface area contributed by atoms with E-state index >= 15 is 0 Å². The zero-order valence-electron chi connectivity index (χ0n) is 26.2. The highest BCUT2D eigenvalue weighted by molar-refractivity contribution is 7.99. The number of amides is 2. The smallest absolute Gasteiger partial charge is 0.329 e. The first-order valence-corrected chi connectivity index (χ1v) is 17.9. The molecule has 0 saturated carbocycles. The van der Waals surface area contributed by atoms with Crippen LogP contribution >= 0.6 is 49.6 Å². The molecule has 0 aliphatic carbocycles. The van der Waals surface area contributed by atoms with Crippen LogP contribution < -0.4 is 10.6 Å². The number of ketones is 2. The maximum absolute atomic E-state index is 13.7. The zero-order valence-corrected chi connectivity index (χ0v) is 29.7. The van der Waals surface area contributed by atoms with Crippen molar-refractivity contribution in [1.29, 1.82) is 0 Å². The molecule has 0 radical (unpaired) electrons. The number of thiol groups is 3. The molecule has 4 unspecified atom stereocenters. The lowest BCUT2D eigenvalue weighted by molar-refractivity contribution is -0.153. The van der Waals surface area contributed by atoms with Crippen LogP contribution in [0.1, 0.15) is 60.3 Å². The molecule has 1 fully saturated rings. The second kappa shape index (κ2) is 20.8. The number of carbonyl (C=O) groups excluding carboxylic acids is 5. The number of cyclic esters (lactones) is 1. The summed E-state index contributed by atoms with van der Waals surface area (Å²) in [5.41, 5.74) is 0. The van der Waals surface area contributed by atoms with Crippen molar-refractivity contribution in [1.82, 2.24) is 10.6 Å². The fraction of sp³-hybridized carbons (Fsp3) is 0.767. The summed E-state index contributed by atoms with van der Waals surface area (Å²) in [7, 11) is 0. The van der Waals surface area contributed by atoms with Crippen molar-refractivity contribution >= 4 is 79.0 Å². The van der Waals surface area contributed by atoms with Gasteiger partial charge in [0.2, 0.25) is 11.8 Å². The predicted molar refractivity (Wildman–Crippen MR) is 184 cm³/mol. The minimum atomic E-state index is -1.10. The molecule has 1 rings (SSSR count). The summed E-state index contributed by atoms with van der Waals surface area (Å²) in [6.45, 7) is 8.83. The fourth-order valence-corrected chi connectivity index (χ4v) is 6.44. The number of hydrogen-bond acceptors (Lipinski definition) is 12. The Bertz CT molecular complexity index is 996. The number of allylic oxidation sites excluding steroid dienone is 1. The molecule has 44 heavy (non-hydrogen) atoms. The van der Waals surface area contributed by atoms with E-state index in [4.69, 9.17) is 4.74 Å². The second-order valence-electron chi connectivity index (χ2n) is 11.8. The molecule has 1 heterocycles. The van der Waals surface area contributed by atoms with Gasteiger partial charge < -0.3 is 25.6 Å². The molecule has 0 bridgehead atoms. The van der Waals surface area contributed by atoms with Crippen LogP contribution in [-0.4, -0.2) is 98.2 Å². The maximum Gasteiger partial charge on any atom is 0.329 e. The van der Waals surface area contributed by atoms with Crippen LogP contribution in [0.3, 0.4) is 0 Å². The first-order valence-electron chi connectivity index (χ1n) is 15.0. The Kier molecular flexibility index (Phi) is 19.3. The minimum Gasteiger partial charge on any atom is -0.456 e. The standard InChI is InChI=1S/C30H50N2O8S4/c1-16(2)21-11-19(33)10-20(8-6-7-9-41)40-30(39)27(17(3)4)32-29(38)22(12-24(34)23(13-42)31-28(21)37)18(5)44-15-26(36)25(35)14-43/h6,8,16-18,20-23,25-27,35-36,41-43H,7,9-15H2,1-5H3,(H,31,37)(H,32,38)/b8-6+/t18?,20-,21-,22?,23-,25?,26?,27+/m1/s1. The molecule has 1 saturated heterocycles. The van der Waals surface area contributed by atoms with Crippen molar-refractivity contribution in [2.24, 2.45) is 23.7 Å². The van der Waals surface area contributed by atoms with Gasteiger partial charge in [-0.3, -0.25) is 19.2 Å². The molecule has 0 aromatic rings. The van der Waals surface area contributed by atoms with Gasteiger partial charge >= 0.3 is 5.97 Å². The largest absolute Gasteiger partial charge is 0.456 e. The molecular formula is C30H50N2O8S4. The Morgan fingerprint density at radius 3 is 2.07 bits per heavy atom. The highest BCUT2D eigenvalue weighted by Gasteiger charge is 2.37. The normalized spacial score (nSPS) is 27.3. The van der Waals surface area contributed by atoms with Crippen LogP contribution in [0, 0.1) is 23.7 Å². The molecular weight excluding hydrogens is 645 g/mol. The molecule has 14 heteroatoms. The fourth-order valence-electron chi connectivity index (χ4n) is 4.57. The third-order valence-electron chi connectivity index (χ3n) is 7.52. The third-order valence-corrected chi connectivity index (χ3v) is 9.91. The van der Waals surface area contributed by atoms with Crippen LogP contribution in [-0.2, 0) is 28.7 Å². The average molecular weight is 695 g/mol. The van der Waals surface area contributed by atoms with Gasteiger partial charge in [-0.05, 0) is 30.1 Å². The van der Waals surface area contributed by atoms with Crippen molar-refractivity contribution in [3.8, 4) is 0 Å². The molecule has 0 spiro atoms. The number of aliphatic hydroxyl groups is 2. The molecule has 10 nitrogen and oxygen atoms in total. The number of Topliss-reactive ketones (excluding diaryl/α,β-unsaturated/α-hetero) is 2. The number of rotatable bonds is 12. The Balaban J connectivity index is 3.53. The molecule has 4 N–H and O–H groups in total. The number of thioether (sulfide) groups is 1. The van der Waals surface area contributed by atoms with E-state index in [0.29, 0.717) is 12.2 Å². The summed E-state index contributed by atoms with van der Waals surface area (Å²) in [5, 5.41) is 25.1. The first-order chi connectivity index (χ1) is 20.7. The number of hydrogen-bond donors (Lipinski definition) is 7. The second-order valence-corrected chi connectivity index (χ2v) is 14.4. The van der Waals surface area contributed by atoms with E-state index in [1.807, 2.05) is 13.8 Å². The van der Waals surface area contributed by atoms with Gasteiger partial charge in [-0.2, -0.15) is 49.6 Å². The van der Waals surface area contributed by atoms with Gasteiger partial charge in [-0.15, -0.1) is 0 Å². The Hall–Kier alpha value is -1.19. The van der Waals surface area contributed by atoms with E-state index < -0.39 is 71.0 Å². The number of aliphatic hydroxyl groups excluding tert-OH is 2. The van der Waals surface area contributed by atoms with Crippen molar-refractivity contribution in [2.45, 2.75) is 95.9 Å². The predicted octanol–water partition coefficient (Wildman–Crippen LogP) is 2.31. The molecule has 0 aromatic heterocycles. The van der Waals surface area contributed by atoms with Gasteiger partial charge in [0.1, 0.15) is 17.9 Å². The van der Waals surface area contributed by atoms with E-state index in [1.165, 1.54) is 11.8 Å². The van der Waals surface area contributed by atoms with Crippen LogP contribution in [0.25, 0.3) is 0 Å². The van der Waals surface area contributed by atoms with Crippen LogP contribution in [0.4, 0.5) is 0 Å². The quantitative estimate of drug-likeness (QED) is 0.0925. The van der Waals surface area contributed by atoms with Crippen molar-refractivity contribution in [2.75, 3.05) is 23.0 Å². The maximum atomic E-state index is 13.7. The van der Waals surface area contributed by atoms with Crippen molar-refractivity contribution < 1.29 is 38.9 Å². The van der Waals surface area contributed by atoms with Gasteiger partial charge in [-0.1, -0.05) is 40.7 Å². The molecule has 252 valence electrons. The highest BCUT2D eigenvalue weighted by Crippen LogP contribution is 2.27. The van der Waals surface area contributed by atoms with Gasteiger partial charge in [-0.25, -0.2) is 4.79 Å². The molecule has 1 aliphatic heterocycles. The summed E-state index contributed by atoms with van der Waals surface area (Å²) >= 11 is 13.7. The van der Waals surface area contributed by atoms with Crippen LogP contribution in [0.2, 0.25) is 0 Å².